The number of fused-ring (bicyclic) bond motifs is 2. The van der Waals surface area contributed by atoms with Crippen molar-refractivity contribution >= 4 is 35.2 Å². The molecule has 8 heteroatoms. The molecule has 2 saturated heterocycles. The highest BCUT2D eigenvalue weighted by molar-refractivity contribution is 8.02. The second-order valence-corrected chi connectivity index (χ2v) is 13.1. The molecule has 1 N–H and O–H groups in total. The van der Waals surface area contributed by atoms with E-state index in [9.17, 15) is 19.5 Å². The summed E-state index contributed by atoms with van der Waals surface area (Å²) in [5, 5.41) is 10.3. The van der Waals surface area contributed by atoms with Gasteiger partial charge in [-0.2, -0.15) is 0 Å². The lowest BCUT2D eigenvalue weighted by Crippen LogP contribution is -2.57. The summed E-state index contributed by atoms with van der Waals surface area (Å²) in [6.07, 6.45) is 9.53. The second kappa shape index (κ2) is 9.87. The van der Waals surface area contributed by atoms with Gasteiger partial charge in [-0.3, -0.25) is 14.4 Å². The molecule has 4 aliphatic heterocycles. The Kier molecular flexibility index (Phi) is 7.01. The highest BCUT2D eigenvalue weighted by Gasteiger charge is 2.74. The summed E-state index contributed by atoms with van der Waals surface area (Å²) in [5.41, 5.74) is 2.87. The van der Waals surface area contributed by atoms with E-state index in [2.05, 4.69) is 6.08 Å². The zero-order valence-corrected chi connectivity index (χ0v) is 23.8. The summed E-state index contributed by atoms with van der Waals surface area (Å²) in [5.74, 6) is -1.63. The fourth-order valence-corrected chi connectivity index (χ4v) is 9.16. The Balaban J connectivity index is 1.68. The van der Waals surface area contributed by atoms with Gasteiger partial charge in [0, 0.05) is 30.1 Å². The number of aliphatic hydroxyl groups is 1. The van der Waals surface area contributed by atoms with Crippen molar-refractivity contribution in [1.29, 1.82) is 0 Å². The van der Waals surface area contributed by atoms with Crippen LogP contribution >= 0.6 is 11.8 Å². The Labute approximate surface area is 229 Å². The third kappa shape index (κ3) is 3.86. The number of carbonyl (C=O) groups excluding carboxylic acids is 3. The second-order valence-electron chi connectivity index (χ2n) is 11.3. The molecule has 7 nitrogen and oxygen atoms in total. The van der Waals surface area contributed by atoms with Gasteiger partial charge >= 0.3 is 0 Å². The highest BCUT2D eigenvalue weighted by Crippen LogP contribution is 2.66. The molecule has 0 bridgehead atoms. The van der Waals surface area contributed by atoms with Gasteiger partial charge in [0.2, 0.25) is 11.8 Å². The van der Waals surface area contributed by atoms with Gasteiger partial charge in [0.25, 0.3) is 5.91 Å². The normalized spacial score (nSPS) is 33.3. The van der Waals surface area contributed by atoms with E-state index >= 15 is 0 Å². The number of anilines is 1. The zero-order valence-electron chi connectivity index (χ0n) is 23.0. The molecule has 1 aromatic carbocycles. The van der Waals surface area contributed by atoms with Crippen LogP contribution in [0.2, 0.25) is 0 Å². The average molecular weight is 538 g/mol. The number of amides is 3. The quantitative estimate of drug-likeness (QED) is 0.562. The summed E-state index contributed by atoms with van der Waals surface area (Å²) in [6.45, 7) is 11.3. The average Bonchev–Trinajstić information content (AvgIpc) is 3.16. The van der Waals surface area contributed by atoms with Crippen LogP contribution in [0.15, 0.2) is 42.5 Å². The maximum absolute atomic E-state index is 14.6. The van der Waals surface area contributed by atoms with Gasteiger partial charge in [-0.05, 0) is 50.8 Å². The molecule has 3 amide bonds. The third-order valence-corrected chi connectivity index (χ3v) is 10.6. The summed E-state index contributed by atoms with van der Waals surface area (Å²) in [6, 6.07) is 4.75. The van der Waals surface area contributed by atoms with Gasteiger partial charge < -0.3 is 19.8 Å². The van der Waals surface area contributed by atoms with Crippen LogP contribution in [-0.4, -0.2) is 80.4 Å². The third-order valence-electron chi connectivity index (χ3n) is 8.80. The maximum atomic E-state index is 14.6. The van der Waals surface area contributed by atoms with E-state index in [1.54, 1.807) is 21.6 Å². The molecule has 0 aromatic heterocycles. The van der Waals surface area contributed by atoms with Crippen molar-refractivity contribution in [2.45, 2.75) is 69.0 Å². The molecule has 1 unspecified atom stereocenters. The van der Waals surface area contributed by atoms with Crippen molar-refractivity contribution in [3.63, 3.8) is 0 Å². The van der Waals surface area contributed by atoms with Crippen LogP contribution in [0.5, 0.6) is 0 Å². The largest absolute Gasteiger partial charge is 0.394 e. The van der Waals surface area contributed by atoms with Crippen LogP contribution in [0, 0.1) is 25.7 Å². The van der Waals surface area contributed by atoms with Crippen molar-refractivity contribution in [1.82, 2.24) is 9.80 Å². The summed E-state index contributed by atoms with van der Waals surface area (Å²) < 4.78 is -1.53. The molecule has 6 atom stereocenters. The number of rotatable bonds is 6. The Bertz CT molecular complexity index is 1210. The Morgan fingerprint density at radius 1 is 1.03 bits per heavy atom. The molecule has 38 heavy (non-hydrogen) atoms. The molecule has 5 rings (SSSR count). The summed E-state index contributed by atoms with van der Waals surface area (Å²) in [7, 11) is 0. The lowest BCUT2D eigenvalue weighted by molar-refractivity contribution is -0.145. The summed E-state index contributed by atoms with van der Waals surface area (Å²) in [4.78, 5) is 48.4. The van der Waals surface area contributed by atoms with E-state index in [1.807, 2.05) is 75.9 Å². The van der Waals surface area contributed by atoms with Crippen LogP contribution in [-0.2, 0) is 14.4 Å². The minimum absolute atomic E-state index is 0.0174. The Morgan fingerprint density at radius 2 is 1.76 bits per heavy atom. The number of aliphatic hydroxyl groups excluding tert-OH is 1. The van der Waals surface area contributed by atoms with Crippen LogP contribution in [0.1, 0.15) is 44.7 Å². The van der Waals surface area contributed by atoms with E-state index < -0.39 is 33.4 Å². The van der Waals surface area contributed by atoms with Crippen molar-refractivity contribution in [2.24, 2.45) is 11.8 Å². The lowest BCUT2D eigenvalue weighted by atomic mass is 9.74. The Hall–Kier alpha value is -2.58. The molecule has 0 radical (unpaired) electrons. The monoisotopic (exact) mass is 537 g/mol. The molecule has 204 valence electrons. The van der Waals surface area contributed by atoms with E-state index in [4.69, 9.17) is 0 Å². The molecule has 2 fully saturated rings. The predicted octanol–water partition coefficient (Wildman–Crippen LogP) is 3.47. The molecule has 0 saturated carbocycles. The van der Waals surface area contributed by atoms with Crippen molar-refractivity contribution < 1.29 is 19.5 Å². The molecular formula is C30H39N3O4S. The molecule has 1 spiro atoms. The smallest absolute Gasteiger partial charge is 0.251 e. The van der Waals surface area contributed by atoms with Crippen molar-refractivity contribution in [3.8, 4) is 0 Å². The molecule has 1 aromatic rings. The van der Waals surface area contributed by atoms with Crippen LogP contribution in [0.3, 0.4) is 0 Å². The fourth-order valence-electron chi connectivity index (χ4n) is 7.02. The van der Waals surface area contributed by atoms with E-state index in [-0.39, 0.29) is 24.3 Å². The van der Waals surface area contributed by atoms with E-state index in [0.29, 0.717) is 26.1 Å². The first-order valence-electron chi connectivity index (χ1n) is 13.8. The number of thioether (sulfide) groups is 1. The van der Waals surface area contributed by atoms with Gasteiger partial charge in [0.1, 0.15) is 6.04 Å². The number of hydrogen-bond acceptors (Lipinski definition) is 5. The standard InChI is InChI=1S/C30H39N3O4S/c1-6-14-31-15-8-12-29(5)23(26(31)35)24-27(36)33(21(7-2)18-34)25-28(37)32(16-9-13-30(24,25)38-29)22-17-19(3)10-11-20(22)4/h8-13,17,21,23-25,34H,6-7,14-16,18H2,1-5H3/t21-,23+,24-,25?,29-,30-/m0/s1. The first kappa shape index (κ1) is 27.0. The first-order chi connectivity index (χ1) is 18.1. The molecule has 4 aliphatic rings. The maximum Gasteiger partial charge on any atom is 0.251 e. The minimum Gasteiger partial charge on any atom is -0.394 e. The van der Waals surface area contributed by atoms with Crippen molar-refractivity contribution in [2.75, 3.05) is 31.1 Å². The van der Waals surface area contributed by atoms with Crippen LogP contribution < -0.4 is 4.90 Å². The number of carbonyl (C=O) groups is 3. The predicted molar refractivity (Wildman–Crippen MR) is 151 cm³/mol. The van der Waals surface area contributed by atoms with Crippen LogP contribution in [0.25, 0.3) is 0 Å². The number of aryl methyl sites for hydroxylation is 2. The topological polar surface area (TPSA) is 81.2 Å². The lowest BCUT2D eigenvalue weighted by Gasteiger charge is -2.39. The highest BCUT2D eigenvalue weighted by atomic mass is 32.2. The van der Waals surface area contributed by atoms with Gasteiger partial charge in [-0.1, -0.05) is 50.3 Å². The number of benzene rings is 1. The zero-order chi connectivity index (χ0) is 27.4. The van der Waals surface area contributed by atoms with Gasteiger partial charge in [-0.25, -0.2) is 0 Å². The minimum atomic E-state index is -0.905. The molecule has 4 heterocycles. The van der Waals surface area contributed by atoms with Gasteiger partial charge in [0.05, 0.1) is 29.2 Å². The van der Waals surface area contributed by atoms with E-state index in [1.165, 1.54) is 0 Å². The molecule has 0 aliphatic carbocycles. The molecular weight excluding hydrogens is 498 g/mol. The Morgan fingerprint density at radius 3 is 2.45 bits per heavy atom. The summed E-state index contributed by atoms with van der Waals surface area (Å²) >= 11 is 1.59. The number of nitrogens with zero attached hydrogens (tertiary/aromatic N) is 3. The van der Waals surface area contributed by atoms with E-state index in [0.717, 1.165) is 23.2 Å². The van der Waals surface area contributed by atoms with Crippen molar-refractivity contribution in [3.05, 3.63) is 53.6 Å². The number of likely N-dealkylation sites (tertiary alicyclic amines) is 1. The SMILES string of the molecule is CCCN1CC=C[C@]2(C)S[C@]34C=CCN(c5cc(C)ccc5C)C(=O)C3N([C@@H](CC)CO)C(=O)[C@@H]4[C@@H]2C1=O. The first-order valence-corrected chi connectivity index (χ1v) is 14.6. The fraction of sp³-hybridized carbons (Fsp3) is 0.567. The van der Waals surface area contributed by atoms with Crippen LogP contribution in [0.4, 0.5) is 5.69 Å². The van der Waals surface area contributed by atoms with Gasteiger partial charge in [0.15, 0.2) is 0 Å². The van der Waals surface area contributed by atoms with Gasteiger partial charge in [-0.15, -0.1) is 11.8 Å². The number of hydrogen-bond donors (Lipinski definition) is 1.